The van der Waals surface area contributed by atoms with Gasteiger partial charge < -0.3 is 20.1 Å². The van der Waals surface area contributed by atoms with Crippen molar-refractivity contribution in [2.75, 3.05) is 46.4 Å². The van der Waals surface area contributed by atoms with E-state index in [-0.39, 0.29) is 24.0 Å². The largest absolute Gasteiger partial charge is 0.496 e. The highest BCUT2D eigenvalue weighted by atomic mass is 127. The molecule has 1 atom stereocenters. The number of hydrogen-bond donors (Lipinski definition) is 2. The number of benzene rings is 1. The fraction of sp³-hybridized carbons (Fsp3) is 0.650. The molecule has 2 N–H and O–H groups in total. The standard InChI is InChI=1S/C20H34N4O2.HI/c1-4-21-20(23-15-18-10-8-13-24(18)5-2)22-12-14-26-16-17-9-6-7-11-19(17)25-3;/h6-7,9,11,18H,4-5,8,10,12-16H2,1-3H3,(H2,21,22,23);1H. The summed E-state index contributed by atoms with van der Waals surface area (Å²) in [7, 11) is 1.68. The summed E-state index contributed by atoms with van der Waals surface area (Å²) < 4.78 is 11.1. The molecule has 6 nitrogen and oxygen atoms in total. The molecule has 1 aliphatic rings. The third-order valence-corrected chi connectivity index (χ3v) is 4.70. The van der Waals surface area contributed by atoms with Crippen LogP contribution in [0.1, 0.15) is 32.3 Å². The number of likely N-dealkylation sites (N-methyl/N-ethyl adjacent to an activating group) is 1. The van der Waals surface area contributed by atoms with Crippen LogP contribution in [0, 0.1) is 0 Å². The van der Waals surface area contributed by atoms with Gasteiger partial charge in [0.15, 0.2) is 5.96 Å². The fourth-order valence-corrected chi connectivity index (χ4v) is 3.30. The van der Waals surface area contributed by atoms with Crippen molar-refractivity contribution in [3.63, 3.8) is 0 Å². The second-order valence-corrected chi connectivity index (χ2v) is 6.44. The van der Waals surface area contributed by atoms with Crippen LogP contribution in [-0.4, -0.2) is 63.3 Å². The summed E-state index contributed by atoms with van der Waals surface area (Å²) in [5.41, 5.74) is 1.07. The summed E-state index contributed by atoms with van der Waals surface area (Å²) in [5.74, 6) is 1.74. The molecule has 0 spiro atoms. The second kappa shape index (κ2) is 14.0. The smallest absolute Gasteiger partial charge is 0.191 e. The third-order valence-electron chi connectivity index (χ3n) is 4.70. The predicted molar refractivity (Wildman–Crippen MR) is 122 cm³/mol. The maximum absolute atomic E-state index is 5.77. The molecule has 1 aromatic carbocycles. The third kappa shape index (κ3) is 8.23. The monoisotopic (exact) mass is 490 g/mol. The Kier molecular flexibility index (Phi) is 12.4. The Balaban J connectivity index is 0.00000364. The van der Waals surface area contributed by atoms with Crippen LogP contribution < -0.4 is 15.4 Å². The highest BCUT2D eigenvalue weighted by Crippen LogP contribution is 2.18. The van der Waals surface area contributed by atoms with E-state index in [0.29, 0.717) is 19.3 Å². The molecular weight excluding hydrogens is 455 g/mol. The first kappa shape index (κ1) is 24.0. The number of ether oxygens (including phenoxy) is 2. The predicted octanol–water partition coefficient (Wildman–Crippen LogP) is 2.87. The van der Waals surface area contributed by atoms with E-state index in [2.05, 4.69) is 29.4 Å². The van der Waals surface area contributed by atoms with Gasteiger partial charge in [0.2, 0.25) is 0 Å². The molecule has 0 aromatic heterocycles. The molecule has 0 aliphatic carbocycles. The normalized spacial score (nSPS) is 17.4. The van der Waals surface area contributed by atoms with Gasteiger partial charge in [-0.2, -0.15) is 0 Å². The van der Waals surface area contributed by atoms with Gasteiger partial charge in [0.25, 0.3) is 0 Å². The Morgan fingerprint density at radius 3 is 2.81 bits per heavy atom. The van der Waals surface area contributed by atoms with Crippen LogP contribution in [0.15, 0.2) is 29.3 Å². The molecule has 0 radical (unpaired) electrons. The van der Waals surface area contributed by atoms with Crippen LogP contribution in [0.3, 0.4) is 0 Å². The van der Waals surface area contributed by atoms with Gasteiger partial charge in [0, 0.05) is 24.7 Å². The van der Waals surface area contributed by atoms with Crippen LogP contribution in [0.2, 0.25) is 0 Å². The summed E-state index contributed by atoms with van der Waals surface area (Å²) in [6.07, 6.45) is 2.54. The molecule has 7 heteroatoms. The maximum atomic E-state index is 5.77. The minimum atomic E-state index is 0. The summed E-state index contributed by atoms with van der Waals surface area (Å²) in [4.78, 5) is 7.27. The zero-order valence-corrected chi connectivity index (χ0v) is 19.2. The molecule has 1 fully saturated rings. The van der Waals surface area contributed by atoms with Crippen molar-refractivity contribution in [2.24, 2.45) is 4.99 Å². The van der Waals surface area contributed by atoms with Crippen LogP contribution in [0.5, 0.6) is 5.75 Å². The molecule has 0 saturated carbocycles. The lowest BCUT2D eigenvalue weighted by Gasteiger charge is -2.21. The molecule has 1 heterocycles. The van der Waals surface area contributed by atoms with Crippen molar-refractivity contribution in [2.45, 2.75) is 39.3 Å². The molecule has 2 rings (SSSR count). The quantitative estimate of drug-likeness (QED) is 0.229. The highest BCUT2D eigenvalue weighted by Gasteiger charge is 2.22. The number of nitrogens with zero attached hydrogens (tertiary/aromatic N) is 2. The molecule has 27 heavy (non-hydrogen) atoms. The number of aliphatic imine (C=N–C) groups is 1. The molecule has 1 aromatic rings. The molecule has 0 amide bonds. The summed E-state index contributed by atoms with van der Waals surface area (Å²) in [6, 6.07) is 8.52. The van der Waals surface area contributed by atoms with Crippen molar-refractivity contribution in [3.8, 4) is 5.75 Å². The minimum Gasteiger partial charge on any atom is -0.496 e. The van der Waals surface area contributed by atoms with Gasteiger partial charge in [0.05, 0.1) is 26.9 Å². The van der Waals surface area contributed by atoms with Crippen molar-refractivity contribution >= 4 is 29.9 Å². The first-order chi connectivity index (χ1) is 12.8. The van der Waals surface area contributed by atoms with Crippen molar-refractivity contribution < 1.29 is 9.47 Å². The van der Waals surface area contributed by atoms with Gasteiger partial charge in [-0.25, -0.2) is 0 Å². The minimum absolute atomic E-state index is 0. The number of nitrogens with one attached hydrogen (secondary N) is 2. The molecular formula is C20H35IN4O2. The van der Waals surface area contributed by atoms with E-state index >= 15 is 0 Å². The molecule has 1 unspecified atom stereocenters. The van der Waals surface area contributed by atoms with Crippen molar-refractivity contribution in [1.82, 2.24) is 15.5 Å². The number of halogens is 1. The first-order valence-corrected chi connectivity index (χ1v) is 9.74. The van der Waals surface area contributed by atoms with E-state index < -0.39 is 0 Å². The van der Waals surface area contributed by atoms with Gasteiger partial charge in [-0.15, -0.1) is 24.0 Å². The lowest BCUT2D eigenvalue weighted by Crippen LogP contribution is -2.40. The zero-order valence-electron chi connectivity index (χ0n) is 16.9. The van der Waals surface area contributed by atoms with E-state index in [1.807, 2.05) is 24.3 Å². The Bertz CT molecular complexity index is 557. The summed E-state index contributed by atoms with van der Waals surface area (Å²) in [5, 5.41) is 6.67. The Morgan fingerprint density at radius 2 is 2.07 bits per heavy atom. The molecule has 0 bridgehead atoms. The second-order valence-electron chi connectivity index (χ2n) is 6.44. The number of methoxy groups -OCH3 is 1. The Morgan fingerprint density at radius 1 is 1.26 bits per heavy atom. The molecule has 1 aliphatic heterocycles. The van der Waals surface area contributed by atoms with E-state index in [9.17, 15) is 0 Å². The average Bonchev–Trinajstić information content (AvgIpc) is 3.13. The van der Waals surface area contributed by atoms with E-state index in [1.165, 1.54) is 19.4 Å². The van der Waals surface area contributed by atoms with Crippen LogP contribution in [-0.2, 0) is 11.3 Å². The van der Waals surface area contributed by atoms with Crippen molar-refractivity contribution in [3.05, 3.63) is 29.8 Å². The maximum Gasteiger partial charge on any atom is 0.191 e. The summed E-state index contributed by atoms with van der Waals surface area (Å²) in [6.45, 7) is 10.2. The fourth-order valence-electron chi connectivity index (χ4n) is 3.30. The topological polar surface area (TPSA) is 58.1 Å². The Labute approximate surface area is 181 Å². The van der Waals surface area contributed by atoms with E-state index in [0.717, 1.165) is 43.5 Å². The SMILES string of the molecule is CCNC(=NCC1CCCN1CC)NCCOCc1ccccc1OC.I. The average molecular weight is 490 g/mol. The number of guanidine groups is 1. The lowest BCUT2D eigenvalue weighted by molar-refractivity contribution is 0.123. The van der Waals surface area contributed by atoms with Crippen molar-refractivity contribution in [1.29, 1.82) is 0 Å². The molecule has 1 saturated heterocycles. The van der Waals surface area contributed by atoms with E-state index in [4.69, 9.17) is 14.5 Å². The first-order valence-electron chi connectivity index (χ1n) is 9.74. The highest BCUT2D eigenvalue weighted by molar-refractivity contribution is 14.0. The van der Waals surface area contributed by atoms with Gasteiger partial charge in [-0.05, 0) is 38.9 Å². The van der Waals surface area contributed by atoms with Gasteiger partial charge in [-0.3, -0.25) is 9.89 Å². The van der Waals surface area contributed by atoms with Gasteiger partial charge >= 0.3 is 0 Å². The van der Waals surface area contributed by atoms with Gasteiger partial charge in [0.1, 0.15) is 5.75 Å². The van der Waals surface area contributed by atoms with Crippen LogP contribution >= 0.6 is 24.0 Å². The summed E-state index contributed by atoms with van der Waals surface area (Å²) >= 11 is 0. The Hall–Kier alpha value is -1.06. The van der Waals surface area contributed by atoms with Gasteiger partial charge in [-0.1, -0.05) is 25.1 Å². The lowest BCUT2D eigenvalue weighted by atomic mass is 10.2. The van der Waals surface area contributed by atoms with E-state index in [1.54, 1.807) is 7.11 Å². The number of rotatable bonds is 10. The number of para-hydroxylation sites is 1. The number of hydrogen-bond acceptors (Lipinski definition) is 4. The van der Waals surface area contributed by atoms with Crippen LogP contribution in [0.4, 0.5) is 0 Å². The zero-order chi connectivity index (χ0) is 18.6. The number of likely N-dealkylation sites (tertiary alicyclic amines) is 1. The van der Waals surface area contributed by atoms with Crippen LogP contribution in [0.25, 0.3) is 0 Å². The molecule has 154 valence electrons.